The van der Waals surface area contributed by atoms with Gasteiger partial charge in [0.05, 0.1) is 17.7 Å². The quantitative estimate of drug-likeness (QED) is 0.831. The van der Waals surface area contributed by atoms with Crippen molar-refractivity contribution in [3.05, 3.63) is 23.9 Å². The Hall–Kier alpha value is -1.76. The molecule has 0 radical (unpaired) electrons. The van der Waals surface area contributed by atoms with Crippen LogP contribution < -0.4 is 10.2 Å². The fourth-order valence-electron chi connectivity index (χ4n) is 6.54. The number of nitrogens with zero attached hydrogens (tertiary/aromatic N) is 2. The summed E-state index contributed by atoms with van der Waals surface area (Å²) in [6.07, 6.45) is 7.08. The van der Waals surface area contributed by atoms with E-state index in [9.17, 15) is 18.7 Å². The second-order valence-electron chi connectivity index (χ2n) is 9.46. The van der Waals surface area contributed by atoms with Gasteiger partial charge >= 0.3 is 0 Å². The van der Waals surface area contributed by atoms with Gasteiger partial charge in [0.2, 0.25) is 5.91 Å². The van der Waals surface area contributed by atoms with Crippen LogP contribution in [0.15, 0.2) is 12.3 Å². The molecule has 1 saturated heterocycles. The van der Waals surface area contributed by atoms with Crippen molar-refractivity contribution in [3.63, 3.8) is 0 Å². The third-order valence-electron chi connectivity index (χ3n) is 7.55. The van der Waals surface area contributed by atoms with Crippen molar-refractivity contribution in [3.8, 4) is 0 Å². The van der Waals surface area contributed by atoms with Gasteiger partial charge in [-0.05, 0) is 62.7 Å². The zero-order chi connectivity index (χ0) is 19.5. The molecule has 1 aromatic rings. The fourth-order valence-corrected chi connectivity index (χ4v) is 6.54. The molecule has 5 nitrogen and oxygen atoms in total. The van der Waals surface area contributed by atoms with Gasteiger partial charge in [0, 0.05) is 25.2 Å². The molecular formula is C21H27F2N3O2. The van der Waals surface area contributed by atoms with E-state index < -0.39 is 11.6 Å². The lowest BCUT2D eigenvalue weighted by atomic mass is 9.48. The maximum Gasteiger partial charge on any atom is 0.226 e. The molecule has 2 N–H and O–H groups in total. The number of aliphatic hydroxyl groups is 1. The Morgan fingerprint density at radius 1 is 1.25 bits per heavy atom. The van der Waals surface area contributed by atoms with Crippen LogP contribution in [0.2, 0.25) is 0 Å². The average molecular weight is 391 g/mol. The standard InChI is InChI=1S/C21H27F2N3O2/c22-15-6-17(23)19(24-10-15)26-3-1-2-16(11-26)25-20(28)21-7-12-4-13(8-21)18(27)14(5-12)9-21/h6,10,12-14,16,18,27H,1-5,7-9,11H2,(H,25,28). The Morgan fingerprint density at radius 3 is 2.71 bits per heavy atom. The molecular weight excluding hydrogens is 364 g/mol. The van der Waals surface area contributed by atoms with E-state index in [1.165, 1.54) is 0 Å². The third-order valence-corrected chi connectivity index (χ3v) is 7.55. The zero-order valence-corrected chi connectivity index (χ0v) is 15.9. The summed E-state index contributed by atoms with van der Waals surface area (Å²) < 4.78 is 27.3. The van der Waals surface area contributed by atoms with E-state index in [1.807, 2.05) is 0 Å². The first-order valence-corrected chi connectivity index (χ1v) is 10.5. The summed E-state index contributed by atoms with van der Waals surface area (Å²) in [5, 5.41) is 13.7. The molecule has 4 bridgehead atoms. The highest BCUT2D eigenvalue weighted by Gasteiger charge is 2.58. The van der Waals surface area contributed by atoms with Crippen LogP contribution in [0.25, 0.3) is 0 Å². The Labute approximate surface area is 163 Å². The molecule has 5 aliphatic rings. The molecule has 5 fully saturated rings. The maximum absolute atomic E-state index is 14.1. The number of carbonyl (C=O) groups is 1. The minimum Gasteiger partial charge on any atom is -0.393 e. The fraction of sp³-hybridized carbons (Fsp3) is 0.714. The summed E-state index contributed by atoms with van der Waals surface area (Å²) >= 11 is 0. The molecule has 1 aromatic heterocycles. The minimum absolute atomic E-state index is 0.0644. The first-order chi connectivity index (χ1) is 13.4. The number of aliphatic hydroxyl groups excluding tert-OH is 1. The summed E-state index contributed by atoms with van der Waals surface area (Å²) in [6, 6.07) is 0.788. The molecule has 152 valence electrons. The van der Waals surface area contributed by atoms with Crippen molar-refractivity contribution >= 4 is 11.7 Å². The SMILES string of the molecule is O=C(NC1CCCN(c2ncc(F)cc2F)C1)C12CC3CC(C1)C(O)C(C3)C2. The number of carbonyl (C=O) groups excluding carboxylic acids is 1. The van der Waals surface area contributed by atoms with Crippen LogP contribution in [0.4, 0.5) is 14.6 Å². The van der Waals surface area contributed by atoms with Crippen LogP contribution >= 0.6 is 0 Å². The second-order valence-corrected chi connectivity index (χ2v) is 9.46. The van der Waals surface area contributed by atoms with E-state index >= 15 is 0 Å². The van der Waals surface area contributed by atoms with Gasteiger partial charge in [0.1, 0.15) is 5.82 Å². The van der Waals surface area contributed by atoms with Crippen molar-refractivity contribution in [2.24, 2.45) is 23.2 Å². The second kappa shape index (κ2) is 6.65. The Kier molecular flexibility index (Phi) is 4.34. The van der Waals surface area contributed by atoms with Crippen molar-refractivity contribution < 1.29 is 18.7 Å². The number of hydrogen-bond donors (Lipinski definition) is 2. The van der Waals surface area contributed by atoms with Crippen molar-refractivity contribution in [1.29, 1.82) is 0 Å². The molecule has 28 heavy (non-hydrogen) atoms. The molecule has 0 aromatic carbocycles. The molecule has 1 amide bonds. The van der Waals surface area contributed by atoms with Crippen LogP contribution in [0.5, 0.6) is 0 Å². The van der Waals surface area contributed by atoms with Crippen LogP contribution in [0.3, 0.4) is 0 Å². The Balaban J connectivity index is 1.28. The lowest BCUT2D eigenvalue weighted by Crippen LogP contribution is -2.60. The number of hydrogen-bond acceptors (Lipinski definition) is 4. The molecule has 0 spiro atoms. The summed E-state index contributed by atoms with van der Waals surface area (Å²) in [6.45, 7) is 1.13. The van der Waals surface area contributed by atoms with E-state index in [2.05, 4.69) is 10.3 Å². The molecule has 3 unspecified atom stereocenters. The lowest BCUT2D eigenvalue weighted by Gasteiger charge is -2.58. The third kappa shape index (κ3) is 2.98. The number of halogens is 2. The Bertz CT molecular complexity index is 773. The minimum atomic E-state index is -0.688. The molecule has 4 saturated carbocycles. The molecule has 2 heterocycles. The largest absolute Gasteiger partial charge is 0.393 e. The highest BCUT2D eigenvalue weighted by molar-refractivity contribution is 5.83. The van der Waals surface area contributed by atoms with Gasteiger partial charge in [-0.25, -0.2) is 13.8 Å². The molecule has 1 aliphatic heterocycles. The van der Waals surface area contributed by atoms with Gasteiger partial charge in [0.25, 0.3) is 0 Å². The van der Waals surface area contributed by atoms with E-state index in [4.69, 9.17) is 0 Å². The van der Waals surface area contributed by atoms with Crippen LogP contribution in [0.1, 0.15) is 44.9 Å². The first-order valence-electron chi connectivity index (χ1n) is 10.5. The number of rotatable bonds is 3. The number of pyridine rings is 1. The van der Waals surface area contributed by atoms with E-state index in [0.717, 1.165) is 57.2 Å². The predicted octanol–water partition coefficient (Wildman–Crippen LogP) is 2.63. The van der Waals surface area contributed by atoms with E-state index in [0.29, 0.717) is 19.0 Å². The zero-order valence-electron chi connectivity index (χ0n) is 15.9. The molecule has 6 rings (SSSR count). The Morgan fingerprint density at radius 2 is 2.00 bits per heavy atom. The average Bonchev–Trinajstić information content (AvgIpc) is 2.65. The van der Waals surface area contributed by atoms with Gasteiger partial charge in [-0.15, -0.1) is 0 Å². The number of nitrogens with one attached hydrogen (secondary N) is 1. The highest BCUT2D eigenvalue weighted by Crippen LogP contribution is 2.60. The summed E-state index contributed by atoms with van der Waals surface area (Å²) in [5.74, 6) is -0.00706. The summed E-state index contributed by atoms with van der Waals surface area (Å²) in [5.41, 5.74) is -0.336. The van der Waals surface area contributed by atoms with Crippen LogP contribution in [-0.4, -0.2) is 41.2 Å². The topological polar surface area (TPSA) is 65.5 Å². The van der Waals surface area contributed by atoms with Crippen molar-refractivity contribution in [1.82, 2.24) is 10.3 Å². The molecule has 7 heteroatoms. The number of amides is 1. The smallest absolute Gasteiger partial charge is 0.226 e. The number of aromatic nitrogens is 1. The van der Waals surface area contributed by atoms with Crippen molar-refractivity contribution in [2.75, 3.05) is 18.0 Å². The van der Waals surface area contributed by atoms with E-state index in [-0.39, 0.29) is 41.1 Å². The summed E-state index contributed by atoms with van der Waals surface area (Å²) in [4.78, 5) is 19.0. The lowest BCUT2D eigenvalue weighted by molar-refractivity contribution is -0.163. The van der Waals surface area contributed by atoms with Crippen molar-refractivity contribution in [2.45, 2.75) is 57.1 Å². The predicted molar refractivity (Wildman–Crippen MR) is 99.5 cm³/mol. The van der Waals surface area contributed by atoms with Gasteiger partial charge in [-0.3, -0.25) is 4.79 Å². The van der Waals surface area contributed by atoms with Gasteiger partial charge < -0.3 is 15.3 Å². The monoisotopic (exact) mass is 391 g/mol. The molecule has 4 aliphatic carbocycles. The number of anilines is 1. The van der Waals surface area contributed by atoms with Crippen LogP contribution in [-0.2, 0) is 4.79 Å². The molecule has 3 atom stereocenters. The highest BCUT2D eigenvalue weighted by atomic mass is 19.1. The van der Waals surface area contributed by atoms with E-state index in [1.54, 1.807) is 4.90 Å². The first kappa shape index (κ1) is 18.3. The maximum atomic E-state index is 14.1. The number of piperidine rings is 1. The summed E-state index contributed by atoms with van der Waals surface area (Å²) in [7, 11) is 0. The van der Waals surface area contributed by atoms with Gasteiger partial charge in [-0.2, -0.15) is 0 Å². The van der Waals surface area contributed by atoms with Crippen LogP contribution in [0, 0.1) is 34.8 Å². The van der Waals surface area contributed by atoms with Gasteiger partial charge in [0.15, 0.2) is 11.6 Å². The van der Waals surface area contributed by atoms with Gasteiger partial charge in [-0.1, -0.05) is 0 Å². The normalized spacial score (nSPS) is 39.2.